The molecule has 114 valence electrons. The van der Waals surface area contributed by atoms with E-state index in [9.17, 15) is 9.59 Å². The van der Waals surface area contributed by atoms with Gasteiger partial charge in [0.05, 0.1) is 6.61 Å². The lowest BCUT2D eigenvalue weighted by Gasteiger charge is -2.11. The second-order valence-electron chi connectivity index (χ2n) is 5.45. The largest absolute Gasteiger partial charge is 0.480 e. The van der Waals surface area contributed by atoms with Gasteiger partial charge in [0.25, 0.3) is 0 Å². The van der Waals surface area contributed by atoms with Crippen LogP contribution in [0.2, 0.25) is 0 Å². The van der Waals surface area contributed by atoms with Crippen LogP contribution in [-0.4, -0.2) is 34.7 Å². The Kier molecular flexibility index (Phi) is 5.33. The van der Waals surface area contributed by atoms with Gasteiger partial charge in [0.15, 0.2) is 0 Å². The number of nitrogens with one attached hydrogen (secondary N) is 1. The number of carbonyl (C=O) groups is 2. The molecule has 0 saturated carbocycles. The molecule has 0 aromatic heterocycles. The van der Waals surface area contributed by atoms with Crippen LogP contribution in [-0.2, 0) is 28.9 Å². The number of aliphatic carboxylic acids is 1. The molecule has 5 heteroatoms. The Morgan fingerprint density at radius 3 is 2.71 bits per heavy atom. The molecule has 1 aliphatic rings. The molecule has 21 heavy (non-hydrogen) atoms. The molecule has 0 saturated heterocycles. The average Bonchev–Trinajstić information content (AvgIpc) is 2.92. The predicted molar refractivity (Wildman–Crippen MR) is 78.1 cm³/mol. The van der Waals surface area contributed by atoms with Crippen LogP contribution in [0.3, 0.4) is 0 Å². The summed E-state index contributed by atoms with van der Waals surface area (Å²) in [6.07, 6.45) is 5.26. The number of rotatable bonds is 7. The number of aliphatic hydroxyl groups is 1. The summed E-state index contributed by atoms with van der Waals surface area (Å²) in [5.74, 6) is -1.55. The number of carboxylic acid groups (broad SMARTS) is 1. The maximum Gasteiger partial charge on any atom is 0.328 e. The molecule has 1 aromatic rings. The van der Waals surface area contributed by atoms with Gasteiger partial charge in [-0.25, -0.2) is 4.79 Å². The summed E-state index contributed by atoms with van der Waals surface area (Å²) in [4.78, 5) is 22.3. The maximum atomic E-state index is 11.6. The van der Waals surface area contributed by atoms with E-state index in [1.165, 1.54) is 23.1 Å². The quantitative estimate of drug-likeness (QED) is 0.701. The highest BCUT2D eigenvalue weighted by atomic mass is 16.4. The Labute approximate surface area is 124 Å². The SMILES string of the molecule is O=C(CCCc1ccc2c(c1)CCC2)NC(CO)C(=O)O. The van der Waals surface area contributed by atoms with E-state index in [-0.39, 0.29) is 12.3 Å². The van der Waals surface area contributed by atoms with Gasteiger partial charge in [0.2, 0.25) is 5.91 Å². The standard InChI is InChI=1S/C16H21NO4/c18-10-14(16(20)21)17-15(19)6-1-3-11-7-8-12-4-2-5-13(12)9-11/h7-9,14,18H,1-6,10H2,(H,17,19)(H,20,21). The van der Waals surface area contributed by atoms with Crippen LogP contribution in [0.5, 0.6) is 0 Å². The highest BCUT2D eigenvalue weighted by Crippen LogP contribution is 2.23. The second-order valence-corrected chi connectivity index (χ2v) is 5.45. The van der Waals surface area contributed by atoms with Crippen LogP contribution >= 0.6 is 0 Å². The number of aliphatic hydroxyl groups excluding tert-OH is 1. The van der Waals surface area contributed by atoms with Gasteiger partial charge in [-0.3, -0.25) is 4.79 Å². The molecule has 1 aliphatic carbocycles. The molecule has 1 aromatic carbocycles. The fourth-order valence-corrected chi connectivity index (χ4v) is 2.69. The third-order valence-electron chi connectivity index (χ3n) is 3.85. The van der Waals surface area contributed by atoms with E-state index in [0.29, 0.717) is 6.42 Å². The van der Waals surface area contributed by atoms with Crippen molar-refractivity contribution >= 4 is 11.9 Å². The van der Waals surface area contributed by atoms with Crippen LogP contribution in [0.25, 0.3) is 0 Å². The minimum absolute atomic E-state index is 0.265. The summed E-state index contributed by atoms with van der Waals surface area (Å²) in [6, 6.07) is 5.28. The minimum atomic E-state index is -1.22. The molecule has 0 radical (unpaired) electrons. The molecule has 1 unspecified atom stereocenters. The van der Waals surface area contributed by atoms with E-state index >= 15 is 0 Å². The first-order valence-electron chi connectivity index (χ1n) is 7.34. The van der Waals surface area contributed by atoms with Crippen molar-refractivity contribution in [2.75, 3.05) is 6.61 Å². The van der Waals surface area contributed by atoms with Gasteiger partial charge in [-0.05, 0) is 48.8 Å². The number of carboxylic acids is 1. The molecule has 0 spiro atoms. The summed E-state index contributed by atoms with van der Waals surface area (Å²) in [5.41, 5.74) is 4.08. The molecule has 0 heterocycles. The lowest BCUT2D eigenvalue weighted by Crippen LogP contribution is -2.43. The molecule has 1 atom stereocenters. The van der Waals surface area contributed by atoms with Crippen LogP contribution in [0.15, 0.2) is 18.2 Å². The molecule has 5 nitrogen and oxygen atoms in total. The molecule has 0 aliphatic heterocycles. The summed E-state index contributed by atoms with van der Waals surface area (Å²) >= 11 is 0. The predicted octanol–water partition coefficient (Wildman–Crippen LogP) is 1.06. The van der Waals surface area contributed by atoms with Gasteiger partial charge in [0, 0.05) is 6.42 Å². The number of fused-ring (bicyclic) bond motifs is 1. The van der Waals surface area contributed by atoms with Crippen molar-refractivity contribution in [3.8, 4) is 0 Å². The Hall–Kier alpha value is -1.88. The van der Waals surface area contributed by atoms with Gasteiger partial charge in [0.1, 0.15) is 6.04 Å². The second kappa shape index (κ2) is 7.22. The van der Waals surface area contributed by atoms with E-state index in [2.05, 4.69) is 23.5 Å². The molecular formula is C16H21NO4. The topological polar surface area (TPSA) is 86.6 Å². The molecule has 0 fully saturated rings. The smallest absolute Gasteiger partial charge is 0.328 e. The van der Waals surface area contributed by atoms with E-state index in [1.54, 1.807) is 0 Å². The lowest BCUT2D eigenvalue weighted by atomic mass is 10.0. The van der Waals surface area contributed by atoms with E-state index in [0.717, 1.165) is 19.3 Å². The van der Waals surface area contributed by atoms with Crippen molar-refractivity contribution in [2.45, 2.75) is 44.6 Å². The van der Waals surface area contributed by atoms with E-state index in [4.69, 9.17) is 10.2 Å². The normalized spacial score (nSPS) is 14.5. The third kappa shape index (κ3) is 4.29. The number of carbonyl (C=O) groups excluding carboxylic acids is 1. The van der Waals surface area contributed by atoms with E-state index in [1.807, 2.05) is 0 Å². The lowest BCUT2D eigenvalue weighted by molar-refractivity contribution is -0.142. The number of hydrogen-bond donors (Lipinski definition) is 3. The molecule has 1 amide bonds. The van der Waals surface area contributed by atoms with Crippen LogP contribution in [0, 0.1) is 0 Å². The highest BCUT2D eigenvalue weighted by molar-refractivity contribution is 5.83. The number of hydrogen-bond acceptors (Lipinski definition) is 3. The first-order valence-corrected chi connectivity index (χ1v) is 7.34. The first kappa shape index (κ1) is 15.5. The Morgan fingerprint density at radius 1 is 1.24 bits per heavy atom. The Bertz CT molecular complexity index is 527. The summed E-state index contributed by atoms with van der Waals surface area (Å²) in [5, 5.41) is 19.9. The fourth-order valence-electron chi connectivity index (χ4n) is 2.69. The van der Waals surface area contributed by atoms with Crippen LogP contribution < -0.4 is 5.32 Å². The Balaban J connectivity index is 1.76. The summed E-state index contributed by atoms with van der Waals surface area (Å²) < 4.78 is 0. The zero-order valence-electron chi connectivity index (χ0n) is 12.0. The number of benzene rings is 1. The van der Waals surface area contributed by atoms with Gasteiger partial charge < -0.3 is 15.5 Å². The van der Waals surface area contributed by atoms with Crippen molar-refractivity contribution in [1.82, 2.24) is 5.32 Å². The summed E-state index contributed by atoms with van der Waals surface area (Å²) in [7, 11) is 0. The zero-order chi connectivity index (χ0) is 15.2. The first-order chi connectivity index (χ1) is 10.1. The average molecular weight is 291 g/mol. The van der Waals surface area contributed by atoms with Crippen LogP contribution in [0.1, 0.15) is 36.0 Å². The van der Waals surface area contributed by atoms with Crippen molar-refractivity contribution < 1.29 is 19.8 Å². The molecule has 3 N–H and O–H groups in total. The van der Waals surface area contributed by atoms with Gasteiger partial charge >= 0.3 is 5.97 Å². The molecule has 2 rings (SSSR count). The summed E-state index contributed by atoms with van der Waals surface area (Å²) in [6.45, 7) is -0.591. The number of aryl methyl sites for hydroxylation is 3. The van der Waals surface area contributed by atoms with Crippen molar-refractivity contribution in [1.29, 1.82) is 0 Å². The molecular weight excluding hydrogens is 270 g/mol. The molecule has 0 bridgehead atoms. The van der Waals surface area contributed by atoms with Gasteiger partial charge in [-0.1, -0.05) is 18.2 Å². The van der Waals surface area contributed by atoms with Crippen molar-refractivity contribution in [2.24, 2.45) is 0 Å². The van der Waals surface area contributed by atoms with Crippen molar-refractivity contribution in [3.05, 3.63) is 34.9 Å². The van der Waals surface area contributed by atoms with E-state index < -0.39 is 18.6 Å². The number of amides is 1. The van der Waals surface area contributed by atoms with Crippen molar-refractivity contribution in [3.63, 3.8) is 0 Å². The maximum absolute atomic E-state index is 11.6. The monoisotopic (exact) mass is 291 g/mol. The van der Waals surface area contributed by atoms with Gasteiger partial charge in [-0.15, -0.1) is 0 Å². The third-order valence-corrected chi connectivity index (χ3v) is 3.85. The van der Waals surface area contributed by atoms with Gasteiger partial charge in [-0.2, -0.15) is 0 Å². The van der Waals surface area contributed by atoms with Crippen LogP contribution in [0.4, 0.5) is 0 Å². The highest BCUT2D eigenvalue weighted by Gasteiger charge is 2.18. The zero-order valence-corrected chi connectivity index (χ0v) is 12.0. The minimum Gasteiger partial charge on any atom is -0.480 e. The Morgan fingerprint density at radius 2 is 2.00 bits per heavy atom. The fraction of sp³-hybridized carbons (Fsp3) is 0.500.